The van der Waals surface area contributed by atoms with Gasteiger partial charge in [0.1, 0.15) is 12.6 Å². The van der Waals surface area contributed by atoms with Crippen molar-refractivity contribution in [3.63, 3.8) is 0 Å². The average Bonchev–Trinajstić information content (AvgIpc) is 3.09. The molecule has 1 saturated heterocycles. The number of alkyl carbamates (subject to hydrolysis) is 1. The molecule has 2 N–H and O–H groups in total. The van der Waals surface area contributed by atoms with Crippen molar-refractivity contribution in [2.75, 3.05) is 20.3 Å². The Morgan fingerprint density at radius 3 is 2.57 bits per heavy atom. The van der Waals surface area contributed by atoms with Gasteiger partial charge in [-0.3, -0.25) is 10.1 Å². The molecule has 1 aliphatic carbocycles. The van der Waals surface area contributed by atoms with E-state index in [1.54, 1.807) is 4.90 Å². The molecule has 21 heavy (non-hydrogen) atoms. The molecule has 0 aromatic rings. The lowest BCUT2D eigenvalue weighted by atomic mass is 10.0. The summed E-state index contributed by atoms with van der Waals surface area (Å²) in [6.07, 6.45) is 2.45. The summed E-state index contributed by atoms with van der Waals surface area (Å²) in [6.45, 7) is 4.53. The van der Waals surface area contributed by atoms with Gasteiger partial charge in [0.15, 0.2) is 0 Å². The number of ether oxygens (including phenoxy) is 1. The summed E-state index contributed by atoms with van der Waals surface area (Å²) in [4.78, 5) is 30.2. The van der Waals surface area contributed by atoms with Crippen molar-refractivity contribution in [1.82, 2.24) is 10.2 Å². The maximum absolute atomic E-state index is 12.8. The first-order valence-corrected chi connectivity index (χ1v) is 7.34. The Labute approximate surface area is 124 Å². The first-order valence-electron chi connectivity index (χ1n) is 7.34. The Morgan fingerprint density at radius 2 is 2.10 bits per heavy atom. The molecule has 7 heteroatoms. The molecule has 0 radical (unpaired) electrons. The van der Waals surface area contributed by atoms with E-state index in [2.05, 4.69) is 14.9 Å². The van der Waals surface area contributed by atoms with Gasteiger partial charge < -0.3 is 15.0 Å². The Balaban J connectivity index is 2.09. The number of amides is 2. The second-order valence-electron chi connectivity index (χ2n) is 6.48. The quantitative estimate of drug-likeness (QED) is 0.589. The molecule has 0 aromatic carbocycles. The lowest BCUT2D eigenvalue weighted by Gasteiger charge is -2.30. The third-order valence-electron chi connectivity index (χ3n) is 4.51. The van der Waals surface area contributed by atoms with Crippen LogP contribution in [0.4, 0.5) is 4.79 Å². The van der Waals surface area contributed by atoms with Crippen LogP contribution in [0.25, 0.3) is 0 Å². The second kappa shape index (κ2) is 6.19. The van der Waals surface area contributed by atoms with Gasteiger partial charge in [0.05, 0.1) is 13.2 Å². The zero-order valence-electron chi connectivity index (χ0n) is 12.8. The van der Waals surface area contributed by atoms with Gasteiger partial charge in [-0.2, -0.15) is 0 Å². The standard InChI is InChI=1S/C14H24N2O5/c1-9(2)11(15-13(18)20-3)12(17)16-8-14(4-5-14)6-10(16)7-21-19/h9-11,19H,4-8H2,1-3H3,(H,15,18)/t10-,11?/m0/s1. The van der Waals surface area contributed by atoms with Crippen LogP contribution >= 0.6 is 0 Å². The Bertz CT molecular complexity index is 408. The summed E-state index contributed by atoms with van der Waals surface area (Å²) >= 11 is 0. The van der Waals surface area contributed by atoms with Crippen LogP contribution in [0, 0.1) is 11.3 Å². The monoisotopic (exact) mass is 300 g/mol. The number of nitrogens with zero attached hydrogens (tertiary/aromatic N) is 1. The average molecular weight is 300 g/mol. The molecule has 0 bridgehead atoms. The van der Waals surface area contributed by atoms with Crippen molar-refractivity contribution < 1.29 is 24.5 Å². The molecule has 0 aromatic heterocycles. The molecule has 1 saturated carbocycles. The highest BCUT2D eigenvalue weighted by Crippen LogP contribution is 2.54. The highest BCUT2D eigenvalue weighted by Gasteiger charge is 2.54. The van der Waals surface area contributed by atoms with E-state index in [9.17, 15) is 9.59 Å². The van der Waals surface area contributed by atoms with E-state index in [1.165, 1.54) is 7.11 Å². The minimum atomic E-state index is -0.632. The summed E-state index contributed by atoms with van der Waals surface area (Å²) in [5, 5.41) is 11.3. The smallest absolute Gasteiger partial charge is 0.407 e. The molecule has 2 amide bonds. The number of hydrogen-bond donors (Lipinski definition) is 2. The molecular formula is C14H24N2O5. The fraction of sp³-hybridized carbons (Fsp3) is 0.857. The largest absolute Gasteiger partial charge is 0.453 e. The summed E-state index contributed by atoms with van der Waals surface area (Å²) in [6, 6.07) is -0.766. The molecule has 1 spiro atoms. The van der Waals surface area contributed by atoms with Crippen LogP contribution in [0.5, 0.6) is 0 Å². The minimum Gasteiger partial charge on any atom is -0.453 e. The number of hydrogen-bond acceptors (Lipinski definition) is 5. The zero-order valence-corrected chi connectivity index (χ0v) is 12.8. The van der Waals surface area contributed by atoms with Crippen molar-refractivity contribution in [2.24, 2.45) is 11.3 Å². The van der Waals surface area contributed by atoms with Crippen LogP contribution in [-0.4, -0.2) is 54.5 Å². The van der Waals surface area contributed by atoms with Gasteiger partial charge in [0.2, 0.25) is 5.91 Å². The molecule has 2 rings (SSSR count). The van der Waals surface area contributed by atoms with E-state index in [0.29, 0.717) is 6.54 Å². The van der Waals surface area contributed by atoms with E-state index in [1.807, 2.05) is 13.8 Å². The van der Waals surface area contributed by atoms with Gasteiger partial charge in [-0.05, 0) is 30.6 Å². The number of carbonyl (C=O) groups is 2. The number of rotatable bonds is 5. The van der Waals surface area contributed by atoms with Gasteiger partial charge in [0.25, 0.3) is 0 Å². The molecular weight excluding hydrogens is 276 g/mol. The van der Waals surface area contributed by atoms with Gasteiger partial charge in [-0.25, -0.2) is 9.68 Å². The normalized spacial score (nSPS) is 24.2. The van der Waals surface area contributed by atoms with Crippen molar-refractivity contribution >= 4 is 12.0 Å². The summed E-state index contributed by atoms with van der Waals surface area (Å²) < 4.78 is 4.59. The van der Waals surface area contributed by atoms with Crippen molar-refractivity contribution in [3.05, 3.63) is 0 Å². The van der Waals surface area contributed by atoms with Gasteiger partial charge in [-0.15, -0.1) is 0 Å². The highest BCUT2D eigenvalue weighted by atomic mass is 17.1. The summed E-state index contributed by atoms with van der Waals surface area (Å²) in [7, 11) is 1.27. The number of carbonyl (C=O) groups excluding carboxylic acids is 2. The van der Waals surface area contributed by atoms with E-state index in [4.69, 9.17) is 5.26 Å². The van der Waals surface area contributed by atoms with Crippen LogP contribution in [-0.2, 0) is 14.4 Å². The van der Waals surface area contributed by atoms with E-state index in [-0.39, 0.29) is 29.9 Å². The lowest BCUT2D eigenvalue weighted by Crippen LogP contribution is -2.53. The van der Waals surface area contributed by atoms with E-state index in [0.717, 1.165) is 19.3 Å². The lowest BCUT2D eigenvalue weighted by molar-refractivity contribution is -0.250. The summed E-state index contributed by atoms with van der Waals surface area (Å²) in [5.41, 5.74) is 0.200. The minimum absolute atomic E-state index is 0.0527. The predicted octanol–water partition coefficient (Wildman–Crippen LogP) is 1.24. The fourth-order valence-corrected chi connectivity index (χ4v) is 3.07. The van der Waals surface area contributed by atoms with Gasteiger partial charge >= 0.3 is 6.09 Å². The predicted molar refractivity (Wildman–Crippen MR) is 74.5 cm³/mol. The maximum Gasteiger partial charge on any atom is 0.407 e. The topological polar surface area (TPSA) is 88.1 Å². The van der Waals surface area contributed by atoms with E-state index >= 15 is 0 Å². The number of nitrogens with one attached hydrogen (secondary N) is 1. The van der Waals surface area contributed by atoms with Gasteiger partial charge in [-0.1, -0.05) is 13.8 Å². The van der Waals surface area contributed by atoms with Crippen molar-refractivity contribution in [2.45, 2.75) is 45.2 Å². The van der Waals surface area contributed by atoms with Crippen LogP contribution in [0.1, 0.15) is 33.1 Å². The third kappa shape index (κ3) is 3.47. The SMILES string of the molecule is COC(=O)NC(C(=O)N1CC2(CC2)C[C@H]1COO)C(C)C. The van der Waals surface area contributed by atoms with Crippen LogP contribution < -0.4 is 5.32 Å². The van der Waals surface area contributed by atoms with Gasteiger partial charge in [0, 0.05) is 6.54 Å². The molecule has 1 unspecified atom stereocenters. The Kier molecular flexibility index (Phi) is 4.73. The second-order valence-corrected chi connectivity index (χ2v) is 6.48. The Morgan fingerprint density at radius 1 is 1.43 bits per heavy atom. The molecule has 2 atom stereocenters. The first-order chi connectivity index (χ1) is 9.92. The third-order valence-corrected chi connectivity index (χ3v) is 4.51. The number of likely N-dealkylation sites (tertiary alicyclic amines) is 1. The molecule has 120 valence electrons. The molecule has 2 fully saturated rings. The first kappa shape index (κ1) is 16.0. The maximum atomic E-state index is 12.8. The summed E-state index contributed by atoms with van der Waals surface area (Å²) in [5.74, 6) is -0.190. The molecule has 2 aliphatic rings. The van der Waals surface area contributed by atoms with Crippen molar-refractivity contribution in [1.29, 1.82) is 0 Å². The van der Waals surface area contributed by atoms with Crippen LogP contribution in [0.3, 0.4) is 0 Å². The zero-order chi connectivity index (χ0) is 15.6. The Hall–Kier alpha value is -1.34. The molecule has 7 nitrogen and oxygen atoms in total. The molecule has 1 aliphatic heterocycles. The van der Waals surface area contributed by atoms with Crippen LogP contribution in [0.2, 0.25) is 0 Å². The van der Waals surface area contributed by atoms with Crippen molar-refractivity contribution in [3.8, 4) is 0 Å². The fourth-order valence-electron chi connectivity index (χ4n) is 3.07. The highest BCUT2D eigenvalue weighted by molar-refractivity contribution is 5.86. The molecule has 1 heterocycles. The number of methoxy groups -OCH3 is 1. The van der Waals surface area contributed by atoms with Crippen LogP contribution in [0.15, 0.2) is 0 Å². The van der Waals surface area contributed by atoms with E-state index < -0.39 is 12.1 Å².